The number of esters is 2. The quantitative estimate of drug-likeness (QED) is 0.137. The van der Waals surface area contributed by atoms with Crippen molar-refractivity contribution in [1.29, 1.82) is 0 Å². The Morgan fingerprint density at radius 2 is 0.917 bits per heavy atom. The van der Waals surface area contributed by atoms with Gasteiger partial charge in [0.2, 0.25) is 0 Å². The van der Waals surface area contributed by atoms with Crippen LogP contribution in [0.3, 0.4) is 0 Å². The summed E-state index contributed by atoms with van der Waals surface area (Å²) in [7, 11) is 0. The number of ether oxygens (including phenoxy) is 4. The second kappa shape index (κ2) is 13.7. The van der Waals surface area contributed by atoms with Crippen LogP contribution in [-0.4, -0.2) is 37.4 Å². The van der Waals surface area contributed by atoms with Gasteiger partial charge in [-0.1, -0.05) is 48.5 Å². The molecule has 0 fully saturated rings. The zero-order valence-electron chi connectivity index (χ0n) is 21.9. The fourth-order valence-electron chi connectivity index (χ4n) is 4.09. The third-order valence-corrected chi connectivity index (χ3v) is 5.61. The molecule has 0 amide bonds. The third-order valence-electron chi connectivity index (χ3n) is 5.61. The lowest BCUT2D eigenvalue weighted by molar-refractivity contribution is -0.148. The lowest BCUT2D eigenvalue weighted by Gasteiger charge is -2.18. The van der Waals surface area contributed by atoms with Gasteiger partial charge in [0.05, 0.1) is 25.4 Å². The van der Waals surface area contributed by atoms with E-state index in [1.54, 1.807) is 0 Å². The molecule has 0 N–H and O–H groups in total. The standard InChI is InChI=1S/C30H38O6/c1-21(2)35-27(31)17-9-11-19-33-29-23-13-5-7-15-25(23)30(26-16-8-6-14-24(26)29)34-20-12-10-18-28(32)36-22(3)4/h5-8,13-16,21-22H,9-12,17-20H2,1-4H3. The lowest BCUT2D eigenvalue weighted by atomic mass is 10.0. The minimum atomic E-state index is -0.167. The Morgan fingerprint density at radius 1 is 0.583 bits per heavy atom. The molecule has 3 aromatic rings. The summed E-state index contributed by atoms with van der Waals surface area (Å²) in [6.45, 7) is 8.44. The number of hydrogen-bond acceptors (Lipinski definition) is 6. The van der Waals surface area contributed by atoms with E-state index < -0.39 is 0 Å². The smallest absolute Gasteiger partial charge is 0.306 e. The molecule has 0 atom stereocenters. The normalized spacial score (nSPS) is 11.3. The molecule has 36 heavy (non-hydrogen) atoms. The van der Waals surface area contributed by atoms with Gasteiger partial charge in [-0.05, 0) is 53.4 Å². The summed E-state index contributed by atoms with van der Waals surface area (Å²) in [6.07, 6.45) is 3.55. The Labute approximate surface area is 213 Å². The zero-order chi connectivity index (χ0) is 25.9. The molecule has 0 aliphatic carbocycles. The minimum absolute atomic E-state index is 0.0893. The number of hydrogen-bond donors (Lipinski definition) is 0. The second-order valence-electron chi connectivity index (χ2n) is 9.44. The molecular formula is C30H38O6. The fraction of sp³-hybridized carbons (Fsp3) is 0.467. The van der Waals surface area contributed by atoms with Crippen molar-refractivity contribution in [3.05, 3.63) is 48.5 Å². The van der Waals surface area contributed by atoms with Crippen LogP contribution in [-0.2, 0) is 19.1 Å². The summed E-state index contributed by atoms with van der Waals surface area (Å²) in [4.78, 5) is 23.6. The average molecular weight is 495 g/mol. The van der Waals surface area contributed by atoms with Gasteiger partial charge in [-0.2, -0.15) is 0 Å². The molecule has 3 rings (SSSR count). The number of rotatable bonds is 14. The number of unbranched alkanes of at least 4 members (excludes halogenated alkanes) is 2. The Balaban J connectivity index is 1.69. The minimum Gasteiger partial charge on any atom is -0.492 e. The molecule has 6 nitrogen and oxygen atoms in total. The number of fused-ring (bicyclic) bond motifs is 2. The predicted octanol–water partition coefficient (Wildman–Crippen LogP) is 6.99. The van der Waals surface area contributed by atoms with Crippen molar-refractivity contribution in [1.82, 2.24) is 0 Å². The summed E-state index contributed by atoms with van der Waals surface area (Å²) >= 11 is 0. The van der Waals surface area contributed by atoms with Gasteiger partial charge in [0.25, 0.3) is 0 Å². The maximum Gasteiger partial charge on any atom is 0.306 e. The van der Waals surface area contributed by atoms with E-state index in [1.807, 2.05) is 76.2 Å². The molecule has 0 radical (unpaired) electrons. The Kier molecular flexibility index (Phi) is 10.4. The Morgan fingerprint density at radius 3 is 1.22 bits per heavy atom. The van der Waals surface area contributed by atoms with Gasteiger partial charge in [0.1, 0.15) is 11.5 Å². The van der Waals surface area contributed by atoms with Crippen LogP contribution < -0.4 is 9.47 Å². The summed E-state index contributed by atoms with van der Waals surface area (Å²) in [5.41, 5.74) is 0. The van der Waals surface area contributed by atoms with Crippen molar-refractivity contribution in [3.63, 3.8) is 0 Å². The van der Waals surface area contributed by atoms with Crippen LogP contribution in [0.5, 0.6) is 11.5 Å². The van der Waals surface area contributed by atoms with E-state index in [2.05, 4.69) is 0 Å². The van der Waals surface area contributed by atoms with E-state index in [1.165, 1.54) is 0 Å². The van der Waals surface area contributed by atoms with Crippen LogP contribution in [0.2, 0.25) is 0 Å². The van der Waals surface area contributed by atoms with Gasteiger partial charge in [-0.3, -0.25) is 9.59 Å². The van der Waals surface area contributed by atoms with E-state index in [0.29, 0.717) is 38.9 Å². The summed E-state index contributed by atoms with van der Waals surface area (Å²) in [5.74, 6) is 1.32. The molecule has 0 spiro atoms. The highest BCUT2D eigenvalue weighted by molar-refractivity contribution is 6.11. The van der Waals surface area contributed by atoms with Crippen molar-refractivity contribution in [2.24, 2.45) is 0 Å². The summed E-state index contributed by atoms with van der Waals surface area (Å²) < 4.78 is 23.0. The van der Waals surface area contributed by atoms with Gasteiger partial charge in [-0.25, -0.2) is 0 Å². The van der Waals surface area contributed by atoms with Gasteiger partial charge in [-0.15, -0.1) is 0 Å². The number of benzene rings is 3. The molecule has 6 heteroatoms. The summed E-state index contributed by atoms with van der Waals surface area (Å²) in [6, 6.07) is 16.2. The average Bonchev–Trinajstić information content (AvgIpc) is 2.83. The van der Waals surface area contributed by atoms with E-state index in [-0.39, 0.29) is 24.1 Å². The van der Waals surface area contributed by atoms with Crippen LogP contribution in [0.1, 0.15) is 66.2 Å². The first-order chi connectivity index (χ1) is 17.4. The van der Waals surface area contributed by atoms with Gasteiger partial charge >= 0.3 is 11.9 Å². The maximum atomic E-state index is 11.8. The molecule has 0 saturated carbocycles. The van der Waals surface area contributed by atoms with Gasteiger partial charge < -0.3 is 18.9 Å². The molecule has 0 saturated heterocycles. The van der Waals surface area contributed by atoms with E-state index in [0.717, 1.165) is 45.9 Å². The Bertz CT molecular complexity index is 1000. The van der Waals surface area contributed by atoms with Crippen molar-refractivity contribution in [2.75, 3.05) is 13.2 Å². The molecule has 0 aliphatic rings. The molecule has 0 aromatic heterocycles. The first-order valence-electron chi connectivity index (χ1n) is 12.9. The third kappa shape index (κ3) is 7.87. The summed E-state index contributed by atoms with van der Waals surface area (Å²) in [5, 5.41) is 3.97. The largest absolute Gasteiger partial charge is 0.492 e. The molecule has 3 aromatic carbocycles. The molecule has 0 heterocycles. The molecular weight excluding hydrogens is 456 g/mol. The van der Waals surface area contributed by atoms with Crippen LogP contribution in [0, 0.1) is 0 Å². The van der Waals surface area contributed by atoms with Gasteiger partial charge in [0, 0.05) is 34.4 Å². The van der Waals surface area contributed by atoms with Crippen LogP contribution in [0.15, 0.2) is 48.5 Å². The maximum absolute atomic E-state index is 11.8. The van der Waals surface area contributed by atoms with Crippen molar-refractivity contribution < 1.29 is 28.5 Å². The highest BCUT2D eigenvalue weighted by atomic mass is 16.5. The van der Waals surface area contributed by atoms with E-state index in [9.17, 15) is 9.59 Å². The van der Waals surface area contributed by atoms with Gasteiger partial charge in [0.15, 0.2) is 0 Å². The predicted molar refractivity (Wildman–Crippen MR) is 143 cm³/mol. The molecule has 194 valence electrons. The lowest BCUT2D eigenvalue weighted by Crippen LogP contribution is -2.11. The van der Waals surface area contributed by atoms with E-state index in [4.69, 9.17) is 18.9 Å². The second-order valence-corrected chi connectivity index (χ2v) is 9.44. The van der Waals surface area contributed by atoms with E-state index >= 15 is 0 Å². The van der Waals surface area contributed by atoms with Crippen LogP contribution >= 0.6 is 0 Å². The fourth-order valence-corrected chi connectivity index (χ4v) is 4.09. The topological polar surface area (TPSA) is 71.1 Å². The molecule has 0 aliphatic heterocycles. The van der Waals surface area contributed by atoms with Crippen molar-refractivity contribution in [2.45, 2.75) is 78.4 Å². The Hall–Kier alpha value is -3.28. The molecule has 0 unspecified atom stereocenters. The van der Waals surface area contributed by atoms with Crippen molar-refractivity contribution in [3.8, 4) is 11.5 Å². The first-order valence-corrected chi connectivity index (χ1v) is 12.9. The van der Waals surface area contributed by atoms with Crippen LogP contribution in [0.4, 0.5) is 0 Å². The molecule has 0 bridgehead atoms. The first kappa shape index (κ1) is 27.3. The zero-order valence-corrected chi connectivity index (χ0v) is 21.9. The van der Waals surface area contributed by atoms with Crippen molar-refractivity contribution >= 4 is 33.5 Å². The number of carbonyl (C=O) groups excluding carboxylic acids is 2. The number of carbonyl (C=O) groups is 2. The monoisotopic (exact) mass is 494 g/mol. The van der Waals surface area contributed by atoms with Crippen LogP contribution in [0.25, 0.3) is 21.5 Å². The SMILES string of the molecule is CC(C)OC(=O)CCCCOc1c2ccccc2c(OCCCCC(=O)OC(C)C)c2ccccc12. The highest BCUT2D eigenvalue weighted by Crippen LogP contribution is 2.42. The highest BCUT2D eigenvalue weighted by Gasteiger charge is 2.16.